The molecule has 2 N–H and O–H groups in total. The molecule has 0 aliphatic rings. The SMILES string of the molecule is CCCNc1nc(SCC)nc2c1cnn2CCNC(=O)c1cn(CC)c2nc(C)ccc2c1=O. The lowest BCUT2D eigenvalue weighted by Crippen LogP contribution is -2.32. The molecule has 1 amide bonds. The van der Waals surface area contributed by atoms with E-state index in [9.17, 15) is 9.59 Å². The monoisotopic (exact) mass is 494 g/mol. The molecule has 4 aromatic rings. The van der Waals surface area contributed by atoms with E-state index in [0.717, 1.165) is 35.6 Å². The molecule has 0 atom stereocenters. The van der Waals surface area contributed by atoms with Gasteiger partial charge < -0.3 is 15.2 Å². The number of rotatable bonds is 10. The first kappa shape index (κ1) is 24.6. The molecule has 0 aliphatic carbocycles. The Hall–Kier alpha value is -3.47. The molecule has 11 heteroatoms. The molecule has 0 saturated heterocycles. The predicted molar refractivity (Wildman–Crippen MR) is 139 cm³/mol. The van der Waals surface area contributed by atoms with Crippen molar-refractivity contribution in [3.63, 3.8) is 0 Å². The smallest absolute Gasteiger partial charge is 0.256 e. The zero-order chi connectivity index (χ0) is 24.9. The number of carbonyl (C=O) groups excluding carboxylic acids is 1. The molecular weight excluding hydrogens is 464 g/mol. The number of thioether (sulfide) groups is 1. The first-order valence-corrected chi connectivity index (χ1v) is 12.8. The molecular formula is C24H30N8O2S. The van der Waals surface area contributed by atoms with E-state index < -0.39 is 5.91 Å². The fraction of sp³-hybridized carbons (Fsp3) is 0.417. The lowest BCUT2D eigenvalue weighted by molar-refractivity contribution is 0.0950. The largest absolute Gasteiger partial charge is 0.369 e. The molecule has 0 unspecified atom stereocenters. The highest BCUT2D eigenvalue weighted by Gasteiger charge is 2.17. The summed E-state index contributed by atoms with van der Waals surface area (Å²) in [5, 5.41) is 12.6. The van der Waals surface area contributed by atoms with Gasteiger partial charge in [-0.25, -0.2) is 19.6 Å². The molecule has 0 saturated carbocycles. The summed E-state index contributed by atoms with van der Waals surface area (Å²) in [6.45, 7) is 10.1. The first-order chi connectivity index (χ1) is 17.0. The van der Waals surface area contributed by atoms with Crippen molar-refractivity contribution in [2.75, 3.05) is 24.2 Å². The third-order valence-corrected chi connectivity index (χ3v) is 6.28. The van der Waals surface area contributed by atoms with Crippen LogP contribution in [0, 0.1) is 6.92 Å². The molecule has 35 heavy (non-hydrogen) atoms. The Morgan fingerprint density at radius 2 is 1.89 bits per heavy atom. The fourth-order valence-corrected chi connectivity index (χ4v) is 4.37. The second-order valence-corrected chi connectivity index (χ2v) is 9.29. The van der Waals surface area contributed by atoms with Crippen LogP contribution in [0.1, 0.15) is 43.2 Å². The normalized spacial score (nSPS) is 11.3. The number of pyridine rings is 2. The molecule has 4 rings (SSSR count). The van der Waals surface area contributed by atoms with Gasteiger partial charge in [-0.05, 0) is 38.2 Å². The average molecular weight is 495 g/mol. The summed E-state index contributed by atoms with van der Waals surface area (Å²) in [4.78, 5) is 39.7. The molecule has 0 bridgehead atoms. The molecule has 4 heterocycles. The van der Waals surface area contributed by atoms with Crippen LogP contribution in [0.4, 0.5) is 5.82 Å². The number of aromatic nitrogens is 6. The fourth-order valence-electron chi connectivity index (χ4n) is 3.80. The summed E-state index contributed by atoms with van der Waals surface area (Å²) >= 11 is 1.57. The number of carbonyl (C=O) groups is 1. The number of hydrogen-bond acceptors (Lipinski definition) is 8. The number of anilines is 1. The van der Waals surface area contributed by atoms with E-state index in [1.165, 1.54) is 0 Å². The van der Waals surface area contributed by atoms with Crippen molar-refractivity contribution in [3.8, 4) is 0 Å². The van der Waals surface area contributed by atoms with Gasteiger partial charge in [0, 0.05) is 31.5 Å². The van der Waals surface area contributed by atoms with Crippen LogP contribution < -0.4 is 16.1 Å². The van der Waals surface area contributed by atoms with E-state index in [-0.39, 0.29) is 11.0 Å². The Bertz CT molecular complexity index is 1430. The minimum atomic E-state index is -0.418. The highest BCUT2D eigenvalue weighted by molar-refractivity contribution is 7.99. The predicted octanol–water partition coefficient (Wildman–Crippen LogP) is 3.23. The lowest BCUT2D eigenvalue weighted by Gasteiger charge is -2.12. The minimum absolute atomic E-state index is 0.102. The van der Waals surface area contributed by atoms with Crippen molar-refractivity contribution < 1.29 is 4.79 Å². The number of nitrogens with zero attached hydrogens (tertiary/aromatic N) is 6. The molecule has 0 aliphatic heterocycles. The summed E-state index contributed by atoms with van der Waals surface area (Å²) in [5.41, 5.74) is 1.90. The van der Waals surface area contributed by atoms with Gasteiger partial charge >= 0.3 is 0 Å². The van der Waals surface area contributed by atoms with Crippen LogP contribution in [-0.4, -0.2) is 54.0 Å². The highest BCUT2D eigenvalue weighted by Crippen LogP contribution is 2.24. The summed E-state index contributed by atoms with van der Waals surface area (Å²) in [6, 6.07) is 3.51. The molecule has 184 valence electrons. The molecule has 0 spiro atoms. The maximum atomic E-state index is 13.0. The summed E-state index contributed by atoms with van der Waals surface area (Å²) in [5.74, 6) is 1.21. The van der Waals surface area contributed by atoms with Crippen molar-refractivity contribution in [2.45, 2.75) is 52.4 Å². The van der Waals surface area contributed by atoms with Gasteiger partial charge in [0.25, 0.3) is 5.91 Å². The topological polar surface area (TPSA) is 120 Å². The Kier molecular flexibility index (Phi) is 7.64. The van der Waals surface area contributed by atoms with Gasteiger partial charge in [-0.3, -0.25) is 9.59 Å². The van der Waals surface area contributed by atoms with Gasteiger partial charge in [0.1, 0.15) is 17.0 Å². The van der Waals surface area contributed by atoms with E-state index in [2.05, 4.69) is 44.5 Å². The number of hydrogen-bond donors (Lipinski definition) is 2. The quantitative estimate of drug-likeness (QED) is 0.255. The molecule has 4 aromatic heterocycles. The van der Waals surface area contributed by atoms with Crippen LogP contribution >= 0.6 is 11.8 Å². The van der Waals surface area contributed by atoms with Gasteiger partial charge in [0.2, 0.25) is 5.43 Å². The van der Waals surface area contributed by atoms with Crippen LogP contribution in [0.2, 0.25) is 0 Å². The van der Waals surface area contributed by atoms with Crippen LogP contribution in [0.25, 0.3) is 22.1 Å². The van der Waals surface area contributed by atoms with Gasteiger partial charge in [0.15, 0.2) is 10.8 Å². The van der Waals surface area contributed by atoms with Gasteiger partial charge in [-0.15, -0.1) is 0 Å². The molecule has 0 radical (unpaired) electrons. The second-order valence-electron chi connectivity index (χ2n) is 8.06. The maximum absolute atomic E-state index is 13.0. The molecule has 10 nitrogen and oxygen atoms in total. The average Bonchev–Trinajstić information content (AvgIpc) is 3.26. The third kappa shape index (κ3) is 5.14. The van der Waals surface area contributed by atoms with Gasteiger partial charge in [0.05, 0.1) is 23.5 Å². The Balaban J connectivity index is 1.55. The van der Waals surface area contributed by atoms with Gasteiger partial charge in [-0.2, -0.15) is 5.10 Å². The molecule has 0 fully saturated rings. The number of amides is 1. The number of fused-ring (bicyclic) bond motifs is 2. The van der Waals surface area contributed by atoms with Crippen molar-refractivity contribution in [1.29, 1.82) is 0 Å². The number of aryl methyl sites for hydroxylation is 2. The Morgan fingerprint density at radius 3 is 2.63 bits per heavy atom. The summed E-state index contributed by atoms with van der Waals surface area (Å²) in [6.07, 6.45) is 4.31. The molecule has 0 aromatic carbocycles. The van der Waals surface area contributed by atoms with Crippen LogP contribution in [0.3, 0.4) is 0 Å². The third-order valence-electron chi connectivity index (χ3n) is 5.55. The second kappa shape index (κ2) is 10.9. The van der Waals surface area contributed by atoms with E-state index >= 15 is 0 Å². The van der Waals surface area contributed by atoms with Crippen molar-refractivity contribution in [3.05, 3.63) is 46.0 Å². The zero-order valence-electron chi connectivity index (χ0n) is 20.5. The minimum Gasteiger partial charge on any atom is -0.369 e. The summed E-state index contributed by atoms with van der Waals surface area (Å²) in [7, 11) is 0. The van der Waals surface area contributed by atoms with Crippen LogP contribution in [0.15, 0.2) is 34.5 Å². The first-order valence-electron chi connectivity index (χ1n) is 11.9. The lowest BCUT2D eigenvalue weighted by atomic mass is 10.1. The van der Waals surface area contributed by atoms with E-state index in [1.54, 1.807) is 41.0 Å². The highest BCUT2D eigenvalue weighted by atomic mass is 32.2. The standard InChI is InChI=1S/C24H30N8O2S/c1-5-10-25-20-17-13-27-32(22(17)30-24(29-20)35-7-3)12-11-26-23(34)18-14-31(6-2)21-16(19(18)33)9-8-15(4)28-21/h8-9,13-14H,5-7,10-12H2,1-4H3,(H,26,34)(H,25,29,30). The maximum Gasteiger partial charge on any atom is 0.256 e. The van der Waals surface area contributed by atoms with Crippen molar-refractivity contribution in [1.82, 2.24) is 34.6 Å². The van der Waals surface area contributed by atoms with E-state index in [0.29, 0.717) is 41.5 Å². The summed E-state index contributed by atoms with van der Waals surface area (Å²) < 4.78 is 3.58. The van der Waals surface area contributed by atoms with Crippen LogP contribution in [-0.2, 0) is 13.1 Å². The van der Waals surface area contributed by atoms with E-state index in [1.807, 2.05) is 18.4 Å². The van der Waals surface area contributed by atoms with Crippen molar-refractivity contribution >= 4 is 45.6 Å². The van der Waals surface area contributed by atoms with Crippen molar-refractivity contribution in [2.24, 2.45) is 0 Å². The Labute approximate surface area is 207 Å². The van der Waals surface area contributed by atoms with E-state index in [4.69, 9.17) is 0 Å². The van der Waals surface area contributed by atoms with Gasteiger partial charge in [-0.1, -0.05) is 25.6 Å². The van der Waals surface area contributed by atoms with Crippen LogP contribution in [0.5, 0.6) is 0 Å². The Morgan fingerprint density at radius 1 is 1.06 bits per heavy atom. The zero-order valence-corrected chi connectivity index (χ0v) is 21.3. The number of nitrogens with one attached hydrogen (secondary N) is 2.